The van der Waals surface area contributed by atoms with E-state index >= 15 is 0 Å². The lowest BCUT2D eigenvalue weighted by Crippen LogP contribution is -2.23. The number of anilines is 1. The standard InChI is InChI=1S/C8H8ClN7O/c9-5-1-4(2-11-7(5)10)8(17)12-3-6-13-15-16-14-6/h1-2H,3H2,(H2,10,11)(H,12,17)(H,13,14,15,16). The highest BCUT2D eigenvalue weighted by Crippen LogP contribution is 2.16. The van der Waals surface area contributed by atoms with Crippen molar-refractivity contribution in [2.45, 2.75) is 6.54 Å². The van der Waals surface area contributed by atoms with Crippen molar-refractivity contribution in [1.82, 2.24) is 30.9 Å². The van der Waals surface area contributed by atoms with Crippen LogP contribution in [0.15, 0.2) is 12.3 Å². The maximum absolute atomic E-state index is 11.7. The Balaban J connectivity index is 2.02. The summed E-state index contributed by atoms with van der Waals surface area (Å²) in [6.45, 7) is 0.164. The van der Waals surface area contributed by atoms with E-state index in [0.717, 1.165) is 0 Å². The van der Waals surface area contributed by atoms with Crippen molar-refractivity contribution < 1.29 is 4.79 Å². The van der Waals surface area contributed by atoms with Crippen molar-refractivity contribution in [3.8, 4) is 0 Å². The largest absolute Gasteiger partial charge is 0.382 e. The van der Waals surface area contributed by atoms with Gasteiger partial charge in [-0.05, 0) is 6.07 Å². The zero-order chi connectivity index (χ0) is 12.3. The molecule has 88 valence electrons. The average Bonchev–Trinajstić information content (AvgIpc) is 2.82. The number of aromatic amines is 1. The average molecular weight is 254 g/mol. The number of carbonyl (C=O) groups is 1. The number of nitrogen functional groups attached to an aromatic ring is 1. The third kappa shape index (κ3) is 2.67. The number of nitrogens with zero attached hydrogens (tertiary/aromatic N) is 4. The highest BCUT2D eigenvalue weighted by molar-refractivity contribution is 6.33. The van der Waals surface area contributed by atoms with Gasteiger partial charge >= 0.3 is 0 Å². The fraction of sp³-hybridized carbons (Fsp3) is 0.125. The van der Waals surface area contributed by atoms with Crippen LogP contribution in [0.4, 0.5) is 5.82 Å². The van der Waals surface area contributed by atoms with Crippen LogP contribution in [0.2, 0.25) is 5.02 Å². The molecule has 0 aliphatic carbocycles. The number of carbonyl (C=O) groups excluding carboxylic acids is 1. The zero-order valence-electron chi connectivity index (χ0n) is 8.51. The topological polar surface area (TPSA) is 122 Å². The Bertz CT molecular complexity index is 527. The molecule has 0 aliphatic rings. The first kappa shape index (κ1) is 11.3. The van der Waals surface area contributed by atoms with Crippen LogP contribution in [0.25, 0.3) is 0 Å². The summed E-state index contributed by atoms with van der Waals surface area (Å²) in [6.07, 6.45) is 1.34. The maximum atomic E-state index is 11.7. The van der Waals surface area contributed by atoms with Crippen LogP contribution < -0.4 is 11.1 Å². The molecule has 0 spiro atoms. The Morgan fingerprint density at radius 1 is 1.59 bits per heavy atom. The first-order valence-electron chi connectivity index (χ1n) is 4.58. The number of nitrogens with one attached hydrogen (secondary N) is 2. The Hall–Kier alpha value is -2.22. The molecule has 17 heavy (non-hydrogen) atoms. The van der Waals surface area contributed by atoms with Crippen LogP contribution in [0.1, 0.15) is 16.2 Å². The minimum atomic E-state index is -0.343. The molecule has 0 saturated heterocycles. The Morgan fingerprint density at radius 3 is 3.06 bits per heavy atom. The first-order chi connectivity index (χ1) is 8.16. The van der Waals surface area contributed by atoms with Gasteiger partial charge < -0.3 is 11.1 Å². The van der Waals surface area contributed by atoms with Gasteiger partial charge in [-0.1, -0.05) is 16.8 Å². The summed E-state index contributed by atoms with van der Waals surface area (Å²) in [4.78, 5) is 15.4. The number of aromatic nitrogens is 5. The minimum Gasteiger partial charge on any atom is -0.382 e. The molecule has 0 radical (unpaired) electrons. The smallest absolute Gasteiger partial charge is 0.253 e. The van der Waals surface area contributed by atoms with Gasteiger partial charge in [-0.3, -0.25) is 4.79 Å². The molecule has 0 aromatic carbocycles. The van der Waals surface area contributed by atoms with Gasteiger partial charge in [0.15, 0.2) is 5.82 Å². The van der Waals surface area contributed by atoms with E-state index in [4.69, 9.17) is 17.3 Å². The number of pyridine rings is 1. The summed E-state index contributed by atoms with van der Waals surface area (Å²) in [6, 6.07) is 1.44. The predicted octanol–water partition coefficient (Wildman–Crippen LogP) is -0.240. The summed E-state index contributed by atoms with van der Waals surface area (Å²) < 4.78 is 0. The third-order valence-electron chi connectivity index (χ3n) is 1.93. The summed E-state index contributed by atoms with van der Waals surface area (Å²) >= 11 is 5.75. The Morgan fingerprint density at radius 2 is 2.41 bits per heavy atom. The molecule has 8 nitrogen and oxygen atoms in total. The number of amides is 1. The van der Waals surface area contributed by atoms with Crippen molar-refractivity contribution in [2.24, 2.45) is 0 Å². The number of halogens is 1. The molecule has 0 atom stereocenters. The molecule has 0 unspecified atom stereocenters. The number of hydrogen-bond donors (Lipinski definition) is 3. The van der Waals surface area contributed by atoms with Crippen LogP contribution in [0, 0.1) is 0 Å². The van der Waals surface area contributed by atoms with Gasteiger partial charge in [-0.2, -0.15) is 5.21 Å². The van der Waals surface area contributed by atoms with E-state index in [0.29, 0.717) is 11.4 Å². The quantitative estimate of drug-likeness (QED) is 0.694. The summed E-state index contributed by atoms with van der Waals surface area (Å²) in [5.74, 6) is 0.221. The highest BCUT2D eigenvalue weighted by Gasteiger charge is 2.09. The van der Waals surface area contributed by atoms with Crippen molar-refractivity contribution in [3.63, 3.8) is 0 Å². The van der Waals surface area contributed by atoms with E-state index in [9.17, 15) is 4.79 Å². The van der Waals surface area contributed by atoms with Gasteiger partial charge in [0.05, 0.1) is 17.1 Å². The fourth-order valence-corrected chi connectivity index (χ4v) is 1.26. The van der Waals surface area contributed by atoms with Crippen LogP contribution >= 0.6 is 11.6 Å². The van der Waals surface area contributed by atoms with Gasteiger partial charge in [-0.25, -0.2) is 4.98 Å². The molecule has 4 N–H and O–H groups in total. The lowest BCUT2D eigenvalue weighted by molar-refractivity contribution is 0.0949. The molecule has 2 heterocycles. The second-order valence-corrected chi connectivity index (χ2v) is 3.51. The molecule has 1 amide bonds. The molecule has 0 saturated carbocycles. The number of H-pyrrole nitrogens is 1. The lowest BCUT2D eigenvalue weighted by Gasteiger charge is -2.03. The van der Waals surface area contributed by atoms with Crippen LogP contribution in [-0.4, -0.2) is 31.5 Å². The second kappa shape index (κ2) is 4.74. The SMILES string of the molecule is Nc1ncc(C(=O)NCc2nn[nH]n2)cc1Cl. The Kier molecular flexibility index (Phi) is 3.15. The molecule has 9 heteroatoms. The van der Waals surface area contributed by atoms with Crippen LogP contribution in [-0.2, 0) is 6.54 Å². The summed E-state index contributed by atoms with van der Waals surface area (Å²) in [7, 11) is 0. The van der Waals surface area contributed by atoms with E-state index in [1.807, 2.05) is 0 Å². The van der Waals surface area contributed by atoms with Crippen LogP contribution in [0.3, 0.4) is 0 Å². The molecule has 0 aliphatic heterocycles. The van der Waals surface area contributed by atoms with E-state index in [2.05, 4.69) is 30.9 Å². The third-order valence-corrected chi connectivity index (χ3v) is 2.23. The molecular formula is C8H8ClN7O. The molecule has 0 bridgehead atoms. The van der Waals surface area contributed by atoms with E-state index < -0.39 is 0 Å². The van der Waals surface area contributed by atoms with E-state index in [-0.39, 0.29) is 23.3 Å². The summed E-state index contributed by atoms with van der Waals surface area (Å²) in [5.41, 5.74) is 5.75. The first-order valence-corrected chi connectivity index (χ1v) is 4.96. The number of hydrogen-bond acceptors (Lipinski definition) is 6. The Labute approximate surface area is 101 Å². The van der Waals surface area contributed by atoms with Gasteiger partial charge in [0, 0.05) is 6.20 Å². The van der Waals surface area contributed by atoms with Gasteiger partial charge in [0.1, 0.15) is 5.82 Å². The van der Waals surface area contributed by atoms with E-state index in [1.54, 1.807) is 0 Å². The highest BCUT2D eigenvalue weighted by atomic mass is 35.5. The van der Waals surface area contributed by atoms with Gasteiger partial charge in [-0.15, -0.1) is 10.2 Å². The molecule has 2 rings (SSSR count). The minimum absolute atomic E-state index is 0.164. The molecule has 0 fully saturated rings. The van der Waals surface area contributed by atoms with Crippen LogP contribution in [0.5, 0.6) is 0 Å². The van der Waals surface area contributed by atoms with Crippen molar-refractivity contribution in [2.75, 3.05) is 5.73 Å². The maximum Gasteiger partial charge on any atom is 0.253 e. The van der Waals surface area contributed by atoms with E-state index in [1.165, 1.54) is 12.3 Å². The van der Waals surface area contributed by atoms with Gasteiger partial charge in [0.25, 0.3) is 5.91 Å². The predicted molar refractivity (Wildman–Crippen MR) is 59.0 cm³/mol. The molecular weight excluding hydrogens is 246 g/mol. The number of tetrazole rings is 1. The normalized spacial score (nSPS) is 10.2. The fourth-order valence-electron chi connectivity index (χ4n) is 1.09. The molecule has 2 aromatic rings. The second-order valence-electron chi connectivity index (χ2n) is 3.10. The van der Waals surface area contributed by atoms with Crippen molar-refractivity contribution >= 4 is 23.3 Å². The van der Waals surface area contributed by atoms with Crippen molar-refractivity contribution in [3.05, 3.63) is 28.7 Å². The monoisotopic (exact) mass is 253 g/mol. The zero-order valence-corrected chi connectivity index (χ0v) is 9.27. The number of rotatable bonds is 3. The van der Waals surface area contributed by atoms with Gasteiger partial charge in [0.2, 0.25) is 0 Å². The van der Waals surface area contributed by atoms with Crippen molar-refractivity contribution in [1.29, 1.82) is 0 Å². The summed E-state index contributed by atoms with van der Waals surface area (Å²) in [5, 5.41) is 15.8. The number of nitrogens with two attached hydrogens (primary N) is 1. The lowest BCUT2D eigenvalue weighted by atomic mass is 10.2. The molecule has 2 aromatic heterocycles.